The van der Waals surface area contributed by atoms with Crippen LogP contribution in [0.25, 0.3) is 0 Å². The Morgan fingerprint density at radius 1 is 1.05 bits per heavy atom. The van der Waals surface area contributed by atoms with E-state index in [2.05, 4.69) is 27.3 Å². The number of methoxy groups -OCH3 is 2. The number of nitriles is 1. The summed E-state index contributed by atoms with van der Waals surface area (Å²) in [5.41, 5.74) is 3.79. The van der Waals surface area contributed by atoms with Gasteiger partial charge >= 0.3 is 18.0 Å². The molecule has 2 fully saturated rings. The first kappa shape index (κ1) is 40.7. The van der Waals surface area contributed by atoms with Crippen LogP contribution in [0.1, 0.15) is 78.4 Å². The van der Waals surface area contributed by atoms with Crippen molar-refractivity contribution in [3.05, 3.63) is 39.4 Å². The average molecular weight is 811 g/mol. The Balaban J connectivity index is 1.46. The minimum Gasteiger partial charge on any atom is -0.493 e. The maximum atomic E-state index is 13.9. The second-order valence-electron chi connectivity index (χ2n) is 15.7. The first-order valence-corrected chi connectivity index (χ1v) is 20.0. The van der Waals surface area contributed by atoms with Crippen LogP contribution < -0.4 is 29.0 Å². The molecule has 57 heavy (non-hydrogen) atoms. The molecular formula is C40H50N4O12S. The molecule has 308 valence electrons. The number of aryl methyl sites for hydroxylation is 1. The van der Waals surface area contributed by atoms with E-state index in [0.717, 1.165) is 16.7 Å². The second-order valence-corrected chi connectivity index (χ2v) is 16.9. The molecule has 2 aromatic rings. The van der Waals surface area contributed by atoms with E-state index < -0.39 is 59.1 Å². The number of hydrogen-bond acceptors (Lipinski definition) is 16. The number of piperazine rings is 1. The number of nitrogens with zero attached hydrogens (tertiary/aromatic N) is 3. The van der Waals surface area contributed by atoms with Crippen LogP contribution in [0.4, 0.5) is 4.79 Å². The van der Waals surface area contributed by atoms with Crippen LogP contribution in [0.2, 0.25) is 0 Å². The molecule has 1 unspecified atom stereocenters. The largest absolute Gasteiger partial charge is 0.493 e. The molecule has 16 nitrogen and oxygen atoms in total. The molecule has 0 aromatic heterocycles. The molecule has 5 aliphatic rings. The van der Waals surface area contributed by atoms with Gasteiger partial charge in [0.05, 0.1) is 43.7 Å². The maximum Gasteiger partial charge on any atom is 0.408 e. The van der Waals surface area contributed by atoms with Gasteiger partial charge in [0.2, 0.25) is 6.79 Å². The number of carbonyl (C=O) groups excluding carboxylic acids is 3. The minimum atomic E-state index is -1.10. The van der Waals surface area contributed by atoms with Crippen molar-refractivity contribution in [1.29, 1.82) is 5.26 Å². The summed E-state index contributed by atoms with van der Waals surface area (Å²) in [4.78, 5) is 44.3. The molecule has 1 N–H and O–H groups in total. The third-order valence-electron chi connectivity index (χ3n) is 11.0. The van der Waals surface area contributed by atoms with E-state index in [-0.39, 0.29) is 32.0 Å². The molecule has 5 heterocycles. The lowest BCUT2D eigenvalue weighted by molar-refractivity contribution is -0.151. The number of likely N-dealkylation sites (N-methyl/N-ethyl adjacent to an activating group) is 1. The van der Waals surface area contributed by atoms with Crippen molar-refractivity contribution >= 4 is 29.8 Å². The van der Waals surface area contributed by atoms with E-state index in [1.54, 1.807) is 35.0 Å². The number of alkyl carbamates (subject to hydrolysis) is 1. The Hall–Kier alpha value is -4.47. The van der Waals surface area contributed by atoms with Gasteiger partial charge < -0.3 is 47.9 Å². The maximum absolute atomic E-state index is 13.9. The molecule has 1 amide bonds. The Labute approximate surface area is 336 Å². The van der Waals surface area contributed by atoms with Crippen molar-refractivity contribution < 1.29 is 57.0 Å². The van der Waals surface area contributed by atoms with Gasteiger partial charge in [0.25, 0.3) is 0 Å². The summed E-state index contributed by atoms with van der Waals surface area (Å²) in [6, 6.07) is 0.905. The normalized spacial score (nSPS) is 26.2. The van der Waals surface area contributed by atoms with Gasteiger partial charge in [-0.15, -0.1) is 11.8 Å². The van der Waals surface area contributed by atoms with Gasteiger partial charge in [0.15, 0.2) is 29.8 Å². The first-order valence-electron chi connectivity index (χ1n) is 18.9. The Kier molecular flexibility index (Phi) is 11.5. The van der Waals surface area contributed by atoms with Crippen molar-refractivity contribution in [2.75, 3.05) is 60.4 Å². The highest BCUT2D eigenvalue weighted by molar-refractivity contribution is 7.99. The SMILES string of the molecule is COCCOCOc1c(OC)c(C)cc2c1[C@H]1C3[C@@H]4SC[C@H](NC(=O)OC(C)(C)C)C(=O)OC[C@H](c5c6c(c(C)c(OC(C)=O)c54)OCO6)N3[C@@H](C#N)[C@H](C2)N1C. The minimum absolute atomic E-state index is 0.0437. The highest BCUT2D eigenvalue weighted by Gasteiger charge is 2.61. The molecule has 7 rings (SSSR count). The number of amides is 1. The van der Waals surface area contributed by atoms with Gasteiger partial charge in [0.1, 0.15) is 30.0 Å². The van der Waals surface area contributed by atoms with Gasteiger partial charge in [-0.1, -0.05) is 6.07 Å². The second kappa shape index (κ2) is 16.1. The van der Waals surface area contributed by atoms with E-state index in [1.807, 2.05) is 20.9 Å². The molecule has 0 radical (unpaired) electrons. The number of ether oxygens (including phenoxy) is 9. The Morgan fingerprint density at radius 3 is 2.49 bits per heavy atom. The van der Waals surface area contributed by atoms with Crippen LogP contribution in [0.5, 0.6) is 28.7 Å². The summed E-state index contributed by atoms with van der Waals surface area (Å²) in [6.07, 6.45) is -0.254. The number of carbonyl (C=O) groups is 3. The molecular weight excluding hydrogens is 761 g/mol. The number of benzene rings is 2. The fraction of sp³-hybridized carbons (Fsp3) is 0.600. The predicted octanol–water partition coefficient (Wildman–Crippen LogP) is 4.42. The van der Waals surface area contributed by atoms with Crippen LogP contribution in [0.15, 0.2) is 6.07 Å². The van der Waals surface area contributed by atoms with Crippen molar-refractivity contribution in [2.45, 2.75) is 95.1 Å². The number of nitrogens with one attached hydrogen (secondary N) is 1. The zero-order valence-electron chi connectivity index (χ0n) is 33.7. The Morgan fingerprint density at radius 2 is 1.81 bits per heavy atom. The zero-order chi connectivity index (χ0) is 40.9. The van der Waals surface area contributed by atoms with Crippen LogP contribution in [-0.4, -0.2) is 118 Å². The van der Waals surface area contributed by atoms with Crippen LogP contribution >= 0.6 is 11.8 Å². The number of esters is 2. The summed E-state index contributed by atoms with van der Waals surface area (Å²) in [6.45, 7) is 10.7. The summed E-state index contributed by atoms with van der Waals surface area (Å²) in [7, 11) is 5.21. The highest BCUT2D eigenvalue weighted by atomic mass is 32.2. The van der Waals surface area contributed by atoms with E-state index in [9.17, 15) is 19.6 Å². The summed E-state index contributed by atoms with van der Waals surface area (Å²) in [5.74, 6) is 1.11. The quantitative estimate of drug-likeness (QED) is 0.163. The van der Waals surface area contributed by atoms with E-state index in [1.165, 1.54) is 18.7 Å². The lowest BCUT2D eigenvalue weighted by Crippen LogP contribution is -2.69. The van der Waals surface area contributed by atoms with E-state index >= 15 is 0 Å². The van der Waals surface area contributed by atoms with Crippen molar-refractivity contribution in [3.63, 3.8) is 0 Å². The smallest absolute Gasteiger partial charge is 0.408 e. The molecule has 4 bridgehead atoms. The summed E-state index contributed by atoms with van der Waals surface area (Å²) in [5, 5.41) is 13.3. The van der Waals surface area contributed by atoms with Gasteiger partial charge in [-0.2, -0.15) is 5.26 Å². The molecule has 7 atom stereocenters. The molecule has 0 saturated carbocycles. The van der Waals surface area contributed by atoms with Crippen LogP contribution in [0, 0.1) is 25.2 Å². The standard InChI is InChI=1S/C40H50N4O12S/c1-19-12-22-13-24-25(14-41)44-26-15-51-38(46)23(42-39(47)56-40(4,5)6)16-57-37(29-28(26)36-34(53-18-54-36)20(2)33(29)55-21(3)45)31(44)30(43(24)7)27(22)35(32(19)49-9)52-17-50-11-10-48-8/h12,23-26,30-31,37H,10-11,13,15-18H2,1-9H3,(H,42,47)/t23-,24-,25-,26+,30-,31?,37+/m0/s1. The molecule has 0 spiro atoms. The lowest BCUT2D eigenvalue weighted by Gasteiger charge is -2.61. The van der Waals surface area contributed by atoms with E-state index in [0.29, 0.717) is 65.1 Å². The van der Waals surface area contributed by atoms with Crippen molar-refractivity contribution in [1.82, 2.24) is 15.1 Å². The summed E-state index contributed by atoms with van der Waals surface area (Å²) < 4.78 is 53.4. The van der Waals surface area contributed by atoms with Gasteiger partial charge in [-0.05, 0) is 59.2 Å². The Bertz CT molecular complexity index is 1980. The lowest BCUT2D eigenvalue weighted by atomic mass is 9.71. The fourth-order valence-corrected chi connectivity index (χ4v) is 10.4. The third kappa shape index (κ3) is 7.31. The van der Waals surface area contributed by atoms with Gasteiger partial charge in [-0.3, -0.25) is 14.6 Å². The first-order chi connectivity index (χ1) is 27.2. The topological polar surface area (TPSA) is 177 Å². The summed E-state index contributed by atoms with van der Waals surface area (Å²) >= 11 is 1.39. The highest BCUT2D eigenvalue weighted by Crippen LogP contribution is 2.64. The van der Waals surface area contributed by atoms with Gasteiger partial charge in [-0.25, -0.2) is 9.59 Å². The van der Waals surface area contributed by atoms with Crippen molar-refractivity contribution in [2.24, 2.45) is 0 Å². The average Bonchev–Trinajstić information content (AvgIpc) is 3.63. The number of cyclic esters (lactones) is 1. The van der Waals surface area contributed by atoms with Gasteiger partial charge in [0, 0.05) is 54.1 Å². The zero-order valence-corrected chi connectivity index (χ0v) is 34.5. The monoisotopic (exact) mass is 810 g/mol. The number of rotatable bonds is 9. The number of fused-ring (bicyclic) bond motifs is 9. The molecule has 2 aromatic carbocycles. The van der Waals surface area contributed by atoms with Crippen LogP contribution in [0.3, 0.4) is 0 Å². The molecule has 2 saturated heterocycles. The number of hydrogen-bond donors (Lipinski definition) is 1. The molecule has 17 heteroatoms. The van der Waals surface area contributed by atoms with Crippen LogP contribution in [-0.2, 0) is 35.0 Å². The van der Waals surface area contributed by atoms with E-state index in [4.69, 9.17) is 42.6 Å². The fourth-order valence-electron chi connectivity index (χ4n) is 8.94. The molecule has 5 aliphatic heterocycles. The predicted molar refractivity (Wildman–Crippen MR) is 205 cm³/mol. The number of thioether (sulfide) groups is 1. The third-order valence-corrected chi connectivity index (χ3v) is 12.4. The molecule has 0 aliphatic carbocycles. The van der Waals surface area contributed by atoms with Crippen molar-refractivity contribution in [3.8, 4) is 34.8 Å².